The van der Waals surface area contributed by atoms with Crippen molar-refractivity contribution in [3.8, 4) is 11.5 Å². The molecule has 1 aliphatic rings. The van der Waals surface area contributed by atoms with E-state index in [0.717, 1.165) is 5.56 Å². The summed E-state index contributed by atoms with van der Waals surface area (Å²) in [4.78, 5) is 0. The fraction of sp³-hybridized carbons (Fsp3) is 0.273. The molecule has 0 unspecified atom stereocenters. The van der Waals surface area contributed by atoms with Crippen LogP contribution in [0.15, 0.2) is 18.2 Å². The Hall–Kier alpha value is -1.19. The SMILES string of the molecule is OCC=Cc1cc(Cl)c2c(c1)OCCO2. The topological polar surface area (TPSA) is 38.7 Å². The summed E-state index contributed by atoms with van der Waals surface area (Å²) >= 11 is 6.02. The van der Waals surface area contributed by atoms with Crippen LogP contribution in [0.25, 0.3) is 6.08 Å². The number of aliphatic hydroxyl groups is 1. The van der Waals surface area contributed by atoms with Gasteiger partial charge in [-0.05, 0) is 17.7 Å². The maximum absolute atomic E-state index is 8.66. The Balaban J connectivity index is 2.36. The number of benzene rings is 1. The zero-order valence-corrected chi connectivity index (χ0v) is 8.83. The molecule has 1 heterocycles. The number of fused-ring (bicyclic) bond motifs is 1. The van der Waals surface area contributed by atoms with Gasteiger partial charge in [0, 0.05) is 0 Å². The highest BCUT2D eigenvalue weighted by molar-refractivity contribution is 6.32. The van der Waals surface area contributed by atoms with Gasteiger partial charge in [0.25, 0.3) is 0 Å². The van der Waals surface area contributed by atoms with Crippen LogP contribution >= 0.6 is 11.6 Å². The molecule has 0 radical (unpaired) electrons. The summed E-state index contributed by atoms with van der Waals surface area (Å²) in [6.07, 6.45) is 3.42. The van der Waals surface area contributed by atoms with Crippen LogP contribution in [0.4, 0.5) is 0 Å². The standard InChI is InChI=1S/C11H11ClO3/c12-9-6-8(2-1-3-13)7-10-11(9)15-5-4-14-10/h1-2,6-7,13H,3-5H2. The van der Waals surface area contributed by atoms with Gasteiger partial charge in [0.05, 0.1) is 11.6 Å². The van der Waals surface area contributed by atoms with E-state index in [1.807, 2.05) is 6.07 Å². The monoisotopic (exact) mass is 226 g/mol. The number of halogens is 1. The van der Waals surface area contributed by atoms with Crippen molar-refractivity contribution in [2.24, 2.45) is 0 Å². The molecule has 1 aromatic carbocycles. The third-order valence-corrected chi connectivity index (χ3v) is 2.32. The molecule has 0 amide bonds. The van der Waals surface area contributed by atoms with Gasteiger partial charge < -0.3 is 14.6 Å². The first-order valence-corrected chi connectivity index (χ1v) is 5.05. The van der Waals surface area contributed by atoms with Crippen molar-refractivity contribution in [2.45, 2.75) is 0 Å². The van der Waals surface area contributed by atoms with Crippen molar-refractivity contribution < 1.29 is 14.6 Å². The first-order valence-electron chi connectivity index (χ1n) is 4.68. The van der Waals surface area contributed by atoms with Gasteiger partial charge >= 0.3 is 0 Å². The highest BCUT2D eigenvalue weighted by atomic mass is 35.5. The van der Waals surface area contributed by atoms with Gasteiger partial charge in [-0.15, -0.1) is 0 Å². The average molecular weight is 227 g/mol. The maximum Gasteiger partial charge on any atom is 0.179 e. The molecule has 0 atom stereocenters. The van der Waals surface area contributed by atoms with Gasteiger partial charge in [-0.3, -0.25) is 0 Å². The van der Waals surface area contributed by atoms with Crippen LogP contribution < -0.4 is 9.47 Å². The molecule has 0 bridgehead atoms. The van der Waals surface area contributed by atoms with Crippen LogP contribution in [0, 0.1) is 0 Å². The molecule has 0 saturated carbocycles. The Bertz CT molecular complexity index is 388. The minimum atomic E-state index is 0.00601. The first kappa shape index (κ1) is 10.3. The lowest BCUT2D eigenvalue weighted by molar-refractivity contribution is 0.171. The Labute approximate surface area is 92.9 Å². The third kappa shape index (κ3) is 2.25. The van der Waals surface area contributed by atoms with E-state index in [4.69, 9.17) is 26.2 Å². The van der Waals surface area contributed by atoms with E-state index in [0.29, 0.717) is 29.7 Å². The molecule has 0 spiro atoms. The second-order valence-corrected chi connectivity index (χ2v) is 3.52. The van der Waals surface area contributed by atoms with Crippen LogP contribution in [0.2, 0.25) is 5.02 Å². The summed E-state index contributed by atoms with van der Waals surface area (Å²) in [6.45, 7) is 1.07. The highest BCUT2D eigenvalue weighted by Gasteiger charge is 2.15. The quantitative estimate of drug-likeness (QED) is 0.840. The third-order valence-electron chi connectivity index (χ3n) is 2.03. The predicted octanol–water partition coefficient (Wildman–Crippen LogP) is 2.12. The molecule has 4 heteroatoms. The van der Waals surface area contributed by atoms with Crippen molar-refractivity contribution in [3.63, 3.8) is 0 Å². The van der Waals surface area contributed by atoms with E-state index < -0.39 is 0 Å². The number of hydrogen-bond donors (Lipinski definition) is 1. The van der Waals surface area contributed by atoms with Gasteiger partial charge in [-0.25, -0.2) is 0 Å². The van der Waals surface area contributed by atoms with E-state index in [9.17, 15) is 0 Å². The molecule has 15 heavy (non-hydrogen) atoms. The van der Waals surface area contributed by atoms with E-state index in [-0.39, 0.29) is 6.61 Å². The molecule has 0 saturated heterocycles. The molecular formula is C11H11ClO3. The molecule has 1 aliphatic heterocycles. The van der Waals surface area contributed by atoms with E-state index in [1.54, 1.807) is 18.2 Å². The Morgan fingerprint density at radius 1 is 1.33 bits per heavy atom. The molecule has 0 aliphatic carbocycles. The van der Waals surface area contributed by atoms with Gasteiger partial charge in [0.1, 0.15) is 13.2 Å². The minimum absolute atomic E-state index is 0.00601. The highest BCUT2D eigenvalue weighted by Crippen LogP contribution is 2.38. The van der Waals surface area contributed by atoms with Crippen molar-refractivity contribution in [1.82, 2.24) is 0 Å². The molecule has 0 fully saturated rings. The van der Waals surface area contributed by atoms with Gasteiger partial charge in [0.2, 0.25) is 0 Å². The Morgan fingerprint density at radius 2 is 2.13 bits per heavy atom. The maximum atomic E-state index is 8.66. The summed E-state index contributed by atoms with van der Waals surface area (Å²) < 4.78 is 10.8. The molecule has 1 N–H and O–H groups in total. The minimum Gasteiger partial charge on any atom is -0.486 e. The summed E-state index contributed by atoms with van der Waals surface area (Å²) in [6, 6.07) is 3.62. The lowest BCUT2D eigenvalue weighted by Crippen LogP contribution is -2.15. The molecule has 3 nitrogen and oxygen atoms in total. The van der Waals surface area contributed by atoms with Crippen molar-refractivity contribution in [1.29, 1.82) is 0 Å². The lowest BCUT2D eigenvalue weighted by atomic mass is 10.2. The van der Waals surface area contributed by atoms with Crippen molar-refractivity contribution in [3.05, 3.63) is 28.8 Å². The van der Waals surface area contributed by atoms with E-state index >= 15 is 0 Å². The Morgan fingerprint density at radius 3 is 2.93 bits per heavy atom. The number of rotatable bonds is 2. The van der Waals surface area contributed by atoms with Crippen LogP contribution in [0.3, 0.4) is 0 Å². The molecule has 80 valence electrons. The first-order chi connectivity index (χ1) is 7.31. The second kappa shape index (κ2) is 4.55. The molecular weight excluding hydrogens is 216 g/mol. The van der Waals surface area contributed by atoms with Gasteiger partial charge in [-0.1, -0.05) is 23.8 Å². The van der Waals surface area contributed by atoms with E-state index in [2.05, 4.69) is 0 Å². The van der Waals surface area contributed by atoms with Crippen molar-refractivity contribution in [2.75, 3.05) is 19.8 Å². The molecule has 2 rings (SSSR count). The molecule has 1 aromatic rings. The fourth-order valence-electron chi connectivity index (χ4n) is 1.42. The van der Waals surface area contributed by atoms with E-state index in [1.165, 1.54) is 0 Å². The average Bonchev–Trinajstić information content (AvgIpc) is 2.26. The number of ether oxygens (including phenoxy) is 2. The second-order valence-electron chi connectivity index (χ2n) is 3.11. The zero-order valence-electron chi connectivity index (χ0n) is 8.07. The lowest BCUT2D eigenvalue weighted by Gasteiger charge is -2.19. The smallest absolute Gasteiger partial charge is 0.179 e. The van der Waals surface area contributed by atoms with Gasteiger partial charge in [-0.2, -0.15) is 0 Å². The van der Waals surface area contributed by atoms with Gasteiger partial charge in [0.15, 0.2) is 11.5 Å². The predicted molar refractivity (Wildman–Crippen MR) is 58.6 cm³/mol. The number of hydrogen-bond acceptors (Lipinski definition) is 3. The largest absolute Gasteiger partial charge is 0.486 e. The van der Waals surface area contributed by atoms with Crippen LogP contribution in [0.1, 0.15) is 5.56 Å². The summed E-state index contributed by atoms with van der Waals surface area (Å²) in [7, 11) is 0. The summed E-state index contributed by atoms with van der Waals surface area (Å²) in [5.41, 5.74) is 0.887. The summed E-state index contributed by atoms with van der Waals surface area (Å²) in [5, 5.41) is 9.19. The zero-order chi connectivity index (χ0) is 10.7. The Kier molecular flexibility index (Phi) is 3.14. The van der Waals surface area contributed by atoms with Crippen LogP contribution in [-0.2, 0) is 0 Å². The normalized spacial score (nSPS) is 14.5. The fourth-order valence-corrected chi connectivity index (χ4v) is 1.69. The molecule has 0 aromatic heterocycles. The van der Waals surface area contributed by atoms with Crippen LogP contribution in [-0.4, -0.2) is 24.9 Å². The number of aliphatic hydroxyl groups excluding tert-OH is 1. The van der Waals surface area contributed by atoms with Crippen molar-refractivity contribution >= 4 is 17.7 Å². The summed E-state index contributed by atoms with van der Waals surface area (Å²) in [5.74, 6) is 1.26. The van der Waals surface area contributed by atoms with Crippen LogP contribution in [0.5, 0.6) is 11.5 Å².